The lowest BCUT2D eigenvalue weighted by Gasteiger charge is -2.24. The lowest BCUT2D eigenvalue weighted by Crippen LogP contribution is -2.17. The average Bonchev–Trinajstić information content (AvgIpc) is 3.27. The Bertz CT molecular complexity index is 1830. The summed E-state index contributed by atoms with van der Waals surface area (Å²) in [7, 11) is 0. The van der Waals surface area contributed by atoms with Crippen LogP contribution in [0.3, 0.4) is 0 Å². The highest BCUT2D eigenvalue weighted by molar-refractivity contribution is 5.91. The maximum Gasteiger partial charge on any atom is 0.0159 e. The molecule has 0 spiro atoms. The molecule has 0 fully saturated rings. The van der Waals surface area contributed by atoms with Gasteiger partial charge in [0.05, 0.1) is 0 Å². The quantitative estimate of drug-likeness (QED) is 0.224. The van der Waals surface area contributed by atoms with Crippen molar-refractivity contribution >= 4 is 0 Å². The molecule has 0 amide bonds. The van der Waals surface area contributed by atoms with Crippen LogP contribution in [0.4, 0.5) is 0 Å². The number of benzene rings is 5. The molecule has 2 aliphatic carbocycles. The minimum absolute atomic E-state index is 0.00637. The molecule has 5 aromatic rings. The first-order valence-corrected chi connectivity index (χ1v) is 14.2. The highest BCUT2D eigenvalue weighted by atomic mass is 14.4. The van der Waals surface area contributed by atoms with Crippen LogP contribution in [-0.4, -0.2) is 0 Å². The minimum Gasteiger partial charge on any atom is -0.0620 e. The van der Waals surface area contributed by atoms with Crippen LogP contribution in [0.1, 0.15) is 66.6 Å². The molecule has 0 heteroatoms. The molecule has 0 nitrogen and oxygen atoms in total. The van der Waals surface area contributed by atoms with E-state index in [1.165, 1.54) is 83.5 Å². The Labute approximate surface area is 233 Å². The molecule has 0 aliphatic heterocycles. The molecule has 192 valence electrons. The summed E-state index contributed by atoms with van der Waals surface area (Å²) in [6.45, 7) is 16.2. The van der Waals surface area contributed by atoms with Gasteiger partial charge in [-0.25, -0.2) is 0 Å². The smallest absolute Gasteiger partial charge is 0.0159 e. The predicted octanol–water partition coefficient (Wildman–Crippen LogP) is 10.6. The molecule has 39 heavy (non-hydrogen) atoms. The highest BCUT2D eigenvalue weighted by Crippen LogP contribution is 2.56. The van der Waals surface area contributed by atoms with Crippen LogP contribution < -0.4 is 0 Å². The SMILES string of the molecule is Cc1ccc2c(c1)C(C)(C)c1cc3c(cc1-2)C(C)(C)c1cc(-c2ccc(C)c(-c4ccccc4C)c2)ccc1-3. The first-order valence-electron chi connectivity index (χ1n) is 14.2. The van der Waals surface area contributed by atoms with Gasteiger partial charge in [0.25, 0.3) is 0 Å². The second kappa shape index (κ2) is 8.06. The number of rotatable bonds is 2. The van der Waals surface area contributed by atoms with Crippen LogP contribution in [0, 0.1) is 20.8 Å². The van der Waals surface area contributed by atoms with Crippen molar-refractivity contribution in [2.24, 2.45) is 0 Å². The molecule has 0 N–H and O–H groups in total. The largest absolute Gasteiger partial charge is 0.0620 e. The standard InChI is InChI=1S/C39H36/c1-23-12-16-29-32-21-37-33(22-36(32)38(4,5)34(29)18-23)30-17-15-27(20-35(30)39(37,6)7)26-14-13-25(3)31(19-26)28-11-9-8-10-24(28)2/h8-22H,1-7H3. The number of hydrogen-bond donors (Lipinski definition) is 0. The Morgan fingerprint density at radius 2 is 0.897 bits per heavy atom. The van der Waals surface area contributed by atoms with E-state index >= 15 is 0 Å². The van der Waals surface area contributed by atoms with Crippen LogP contribution in [0.5, 0.6) is 0 Å². The van der Waals surface area contributed by atoms with Crippen LogP contribution in [0.15, 0.2) is 91.0 Å². The summed E-state index contributed by atoms with van der Waals surface area (Å²) in [6, 6.07) is 34.8. The van der Waals surface area contributed by atoms with Gasteiger partial charge < -0.3 is 0 Å². The first-order chi connectivity index (χ1) is 18.6. The summed E-state index contributed by atoms with van der Waals surface area (Å²) in [6.07, 6.45) is 0. The third-order valence-electron chi connectivity index (χ3n) is 9.63. The van der Waals surface area contributed by atoms with Gasteiger partial charge in [0.2, 0.25) is 0 Å². The van der Waals surface area contributed by atoms with Crippen LogP contribution in [0.2, 0.25) is 0 Å². The highest BCUT2D eigenvalue weighted by Gasteiger charge is 2.41. The molecule has 0 radical (unpaired) electrons. The van der Waals surface area contributed by atoms with Crippen LogP contribution in [0.25, 0.3) is 44.5 Å². The second-order valence-electron chi connectivity index (χ2n) is 12.8. The van der Waals surface area contributed by atoms with Gasteiger partial charge in [-0.2, -0.15) is 0 Å². The molecule has 0 unspecified atom stereocenters. The van der Waals surface area contributed by atoms with E-state index in [0.29, 0.717) is 0 Å². The van der Waals surface area contributed by atoms with Gasteiger partial charge in [-0.3, -0.25) is 0 Å². The molecule has 7 rings (SSSR count). The Hall–Kier alpha value is -3.90. The lowest BCUT2D eigenvalue weighted by molar-refractivity contribution is 0.652. The van der Waals surface area contributed by atoms with E-state index in [1.807, 2.05) is 0 Å². The third kappa shape index (κ3) is 3.37. The molecular weight excluding hydrogens is 468 g/mol. The fourth-order valence-corrected chi connectivity index (χ4v) is 7.22. The van der Waals surface area contributed by atoms with E-state index in [2.05, 4.69) is 139 Å². The zero-order chi connectivity index (χ0) is 27.3. The fourth-order valence-electron chi connectivity index (χ4n) is 7.22. The van der Waals surface area contributed by atoms with E-state index in [4.69, 9.17) is 0 Å². The normalized spacial score (nSPS) is 15.5. The maximum absolute atomic E-state index is 2.51. The molecule has 0 bridgehead atoms. The van der Waals surface area contributed by atoms with Crippen molar-refractivity contribution in [2.45, 2.75) is 59.3 Å². The summed E-state index contributed by atoms with van der Waals surface area (Å²) in [5.74, 6) is 0. The van der Waals surface area contributed by atoms with Gasteiger partial charge in [-0.15, -0.1) is 0 Å². The van der Waals surface area contributed by atoms with Crippen molar-refractivity contribution in [3.8, 4) is 44.5 Å². The molecule has 2 aliphatic rings. The second-order valence-corrected chi connectivity index (χ2v) is 12.8. The number of aryl methyl sites for hydroxylation is 3. The zero-order valence-corrected chi connectivity index (χ0v) is 24.2. The topological polar surface area (TPSA) is 0 Å². The van der Waals surface area contributed by atoms with E-state index in [1.54, 1.807) is 0 Å². The van der Waals surface area contributed by atoms with Crippen molar-refractivity contribution in [1.29, 1.82) is 0 Å². The molecule has 5 aromatic carbocycles. The number of hydrogen-bond acceptors (Lipinski definition) is 0. The molecule has 0 saturated heterocycles. The Balaban J connectivity index is 1.36. The summed E-state index contributed by atoms with van der Waals surface area (Å²) in [4.78, 5) is 0. The van der Waals surface area contributed by atoms with Gasteiger partial charge in [-0.1, -0.05) is 100.0 Å². The molecule has 0 saturated carbocycles. The Kier molecular flexibility index (Phi) is 4.99. The van der Waals surface area contributed by atoms with Crippen molar-refractivity contribution in [3.63, 3.8) is 0 Å². The minimum atomic E-state index is -0.0587. The van der Waals surface area contributed by atoms with Gasteiger partial charge in [0.15, 0.2) is 0 Å². The summed E-state index contributed by atoms with van der Waals surface area (Å²) in [5, 5.41) is 0. The molecule has 0 atom stereocenters. The van der Waals surface area contributed by atoms with E-state index in [0.717, 1.165) is 0 Å². The first kappa shape index (κ1) is 24.2. The van der Waals surface area contributed by atoms with Crippen molar-refractivity contribution in [3.05, 3.63) is 130 Å². The van der Waals surface area contributed by atoms with Gasteiger partial charge in [-0.05, 0) is 123 Å². The van der Waals surface area contributed by atoms with E-state index < -0.39 is 0 Å². The zero-order valence-electron chi connectivity index (χ0n) is 24.2. The van der Waals surface area contributed by atoms with E-state index in [-0.39, 0.29) is 10.8 Å². The van der Waals surface area contributed by atoms with Crippen molar-refractivity contribution in [1.82, 2.24) is 0 Å². The van der Waals surface area contributed by atoms with Crippen LogP contribution in [-0.2, 0) is 10.8 Å². The monoisotopic (exact) mass is 504 g/mol. The third-order valence-corrected chi connectivity index (χ3v) is 9.63. The van der Waals surface area contributed by atoms with E-state index in [9.17, 15) is 0 Å². The molecular formula is C39H36. The summed E-state index contributed by atoms with van der Waals surface area (Å²) in [5.41, 5.74) is 20.5. The Morgan fingerprint density at radius 1 is 0.385 bits per heavy atom. The van der Waals surface area contributed by atoms with Gasteiger partial charge in [0, 0.05) is 10.8 Å². The van der Waals surface area contributed by atoms with Gasteiger partial charge >= 0.3 is 0 Å². The van der Waals surface area contributed by atoms with Crippen molar-refractivity contribution < 1.29 is 0 Å². The fraction of sp³-hybridized carbons (Fsp3) is 0.231. The predicted molar refractivity (Wildman–Crippen MR) is 167 cm³/mol. The molecule has 0 aromatic heterocycles. The van der Waals surface area contributed by atoms with Gasteiger partial charge in [0.1, 0.15) is 0 Å². The summed E-state index contributed by atoms with van der Waals surface area (Å²) >= 11 is 0. The maximum atomic E-state index is 2.51. The average molecular weight is 505 g/mol. The Morgan fingerprint density at radius 3 is 1.56 bits per heavy atom. The van der Waals surface area contributed by atoms with Crippen molar-refractivity contribution in [2.75, 3.05) is 0 Å². The van der Waals surface area contributed by atoms with Crippen LogP contribution >= 0.6 is 0 Å². The lowest BCUT2D eigenvalue weighted by atomic mass is 9.79. The summed E-state index contributed by atoms with van der Waals surface area (Å²) < 4.78 is 0. The molecule has 0 heterocycles. The number of fused-ring (bicyclic) bond motifs is 6.